The predicted octanol–water partition coefficient (Wildman–Crippen LogP) is 2.32. The highest BCUT2D eigenvalue weighted by molar-refractivity contribution is 5.23. The molecule has 0 N–H and O–H groups in total. The Kier molecular flexibility index (Phi) is 15.3. The van der Waals surface area contributed by atoms with Crippen LogP contribution in [0, 0.1) is 33.1 Å². The number of halogens is 5. The lowest BCUT2D eigenvalue weighted by atomic mass is 9.87. The first-order valence-electron chi connectivity index (χ1n) is 16.1. The van der Waals surface area contributed by atoms with E-state index in [2.05, 4.69) is 151 Å². The maximum absolute atomic E-state index is 12.6. The van der Waals surface area contributed by atoms with E-state index in [4.69, 9.17) is 0 Å². The van der Waals surface area contributed by atoms with Crippen LogP contribution in [0.2, 0.25) is 0 Å². The van der Waals surface area contributed by atoms with Gasteiger partial charge in [-0.1, -0.05) is 102 Å². The molecule has 0 atom stereocenters. The molecule has 49 heavy (non-hydrogen) atoms. The summed E-state index contributed by atoms with van der Waals surface area (Å²) in [4.78, 5) is 0. The van der Waals surface area contributed by atoms with Crippen LogP contribution in [0.4, 0.5) is 8.78 Å². The summed E-state index contributed by atoms with van der Waals surface area (Å²) in [6.45, 7) is 13.6. The van der Waals surface area contributed by atoms with Crippen molar-refractivity contribution >= 4 is 0 Å². The second-order valence-corrected chi connectivity index (χ2v) is 22.4. The van der Waals surface area contributed by atoms with Crippen LogP contribution in [-0.4, -0.2) is 0 Å². The second-order valence-electron chi connectivity index (χ2n) is 13.3. The molecular weight excluding hydrogens is 947 g/mol. The van der Waals surface area contributed by atoms with Crippen LogP contribution in [0.25, 0.3) is 0 Å². The molecule has 0 saturated heterocycles. The van der Waals surface area contributed by atoms with Crippen molar-refractivity contribution in [3.05, 3.63) is 202 Å². The Bertz CT molecular complexity index is 1670. The molecule has 0 heterocycles. The highest BCUT2D eigenvalue weighted by Gasteiger charge is 2.20. The van der Waals surface area contributed by atoms with E-state index >= 15 is 0 Å². The average Bonchev–Trinajstić information content (AvgIpc) is 3.08. The summed E-state index contributed by atoms with van der Waals surface area (Å²) in [5, 5.41) is 0. The average molecular weight is 992 g/mol. The van der Waals surface area contributed by atoms with Crippen LogP contribution >= 0.6 is 0 Å². The van der Waals surface area contributed by atoms with Gasteiger partial charge < -0.3 is 0 Å². The van der Waals surface area contributed by atoms with Crippen LogP contribution in [0.5, 0.6) is 0 Å². The summed E-state index contributed by atoms with van der Waals surface area (Å²) in [5.74, 6) is -0.441. The number of rotatable bonds is 6. The van der Waals surface area contributed by atoms with Crippen LogP contribution < -0.4 is 63.6 Å². The summed E-state index contributed by atoms with van der Waals surface area (Å²) >= 11 is -0.372. The number of hydrogen-bond acceptors (Lipinski definition) is 0. The van der Waals surface area contributed by atoms with Crippen LogP contribution in [0.15, 0.2) is 158 Å². The maximum atomic E-state index is 12.6. The van der Waals surface area contributed by atoms with E-state index < -0.39 is 0 Å². The molecule has 6 rings (SSSR count). The molecule has 5 heteroatoms. The van der Waals surface area contributed by atoms with Gasteiger partial charge in [-0.3, -0.25) is 0 Å². The van der Waals surface area contributed by atoms with Crippen molar-refractivity contribution in [2.45, 2.75) is 52.4 Å². The Labute approximate surface area is 323 Å². The van der Waals surface area contributed by atoms with Gasteiger partial charge in [-0.25, -0.2) is 8.78 Å². The smallest absolute Gasteiger partial charge is 0.207 e. The van der Waals surface area contributed by atoms with E-state index in [1.54, 1.807) is 24.3 Å². The minimum Gasteiger partial charge on any atom is -0.207 e. The Balaban J connectivity index is 0.000000171. The zero-order valence-electron chi connectivity index (χ0n) is 28.9. The summed E-state index contributed by atoms with van der Waals surface area (Å²) < 4.78 is 33.5. The fraction of sp³-hybridized carbons (Fsp3) is 0.182. The molecule has 6 aromatic rings. The van der Waals surface area contributed by atoms with Gasteiger partial charge in [-0.2, -0.15) is 0 Å². The Morgan fingerprint density at radius 1 is 0.306 bits per heavy atom. The predicted molar refractivity (Wildman–Crippen MR) is 188 cm³/mol. The molecule has 6 aromatic carbocycles. The van der Waals surface area contributed by atoms with Crippen molar-refractivity contribution in [1.82, 2.24) is 0 Å². The van der Waals surface area contributed by atoms with Gasteiger partial charge in [0.05, 0.1) is 0 Å². The fourth-order valence-corrected chi connectivity index (χ4v) is 10.9. The lowest BCUT2D eigenvalue weighted by Gasteiger charge is -2.18. The molecule has 0 nitrogen and oxygen atoms in total. The molecule has 0 aromatic heterocycles. The Morgan fingerprint density at radius 3 is 0.776 bits per heavy atom. The lowest BCUT2D eigenvalue weighted by Crippen LogP contribution is -3.61. The highest BCUT2D eigenvalue weighted by atomic mass is 127. The Morgan fingerprint density at radius 2 is 0.531 bits per heavy atom. The molecule has 252 valence electrons. The zero-order chi connectivity index (χ0) is 35.3. The molecule has 0 aliphatic rings. The molecule has 0 aliphatic heterocycles. The van der Waals surface area contributed by atoms with Gasteiger partial charge in [0.25, 0.3) is 0 Å². The first-order valence-corrected chi connectivity index (χ1v) is 22.6. The molecule has 0 radical (unpaired) electrons. The van der Waals surface area contributed by atoms with Gasteiger partial charge in [0.15, 0.2) is 21.4 Å². The third-order valence-corrected chi connectivity index (χ3v) is 15.2. The molecule has 0 saturated carbocycles. The number of hydrogen-bond donors (Lipinski definition) is 0. The standard InChI is InChI=1S/C20H26I.C12H8F2I.C12H10I/c1-19(2,3)15-7-11-17(12-8-15)21-18-13-9-16(10-14-18)20(4,5)6;13-9-1-5-11(6-2-9)15-12-7-3-10(14)4-8-12;1-3-7-11(8-4-1)13-12-9-5-2-6-10-12/h7-14H,1-6H3;1-8H;1-10H/q3*+1. The molecule has 0 aliphatic carbocycles. The minimum atomic E-state index is -0.330. The van der Waals surface area contributed by atoms with Crippen molar-refractivity contribution in [2.24, 2.45) is 0 Å². The van der Waals surface area contributed by atoms with E-state index in [-0.39, 0.29) is 86.1 Å². The highest BCUT2D eigenvalue weighted by Crippen LogP contribution is 2.22. The molecule has 0 fully saturated rings. The lowest BCUT2D eigenvalue weighted by molar-refractivity contribution is -0.597. The molecule has 0 unspecified atom stereocenters. The first kappa shape index (κ1) is 39.2. The third-order valence-electron chi connectivity index (χ3n) is 7.15. The fourth-order valence-electron chi connectivity index (χ4n) is 4.34. The van der Waals surface area contributed by atoms with Crippen molar-refractivity contribution in [1.29, 1.82) is 0 Å². The van der Waals surface area contributed by atoms with E-state index in [1.807, 2.05) is 0 Å². The van der Waals surface area contributed by atoms with Crippen molar-refractivity contribution in [3.8, 4) is 0 Å². The monoisotopic (exact) mass is 991 g/mol. The van der Waals surface area contributed by atoms with Crippen molar-refractivity contribution in [2.75, 3.05) is 0 Å². The molecule has 0 amide bonds. The Hall–Kier alpha value is -2.63. The van der Waals surface area contributed by atoms with Gasteiger partial charge in [0.1, 0.15) is 11.6 Å². The molecular formula is C44H44F2I3+3. The topological polar surface area (TPSA) is 0 Å². The molecule has 0 spiro atoms. The zero-order valence-corrected chi connectivity index (χ0v) is 35.4. The van der Waals surface area contributed by atoms with Crippen molar-refractivity contribution in [3.63, 3.8) is 0 Å². The first-order chi connectivity index (χ1) is 23.3. The maximum Gasteiger partial charge on any atom is 0.357 e. The van der Waals surface area contributed by atoms with E-state index in [0.717, 1.165) is 7.14 Å². The van der Waals surface area contributed by atoms with E-state index in [9.17, 15) is 8.78 Å². The van der Waals surface area contributed by atoms with Gasteiger partial charge in [0, 0.05) is 0 Å². The summed E-state index contributed by atoms with van der Waals surface area (Å²) in [5.41, 5.74) is 3.31. The quantitative estimate of drug-likeness (QED) is 0.225. The summed E-state index contributed by atoms with van der Waals surface area (Å²) in [7, 11) is 0. The second kappa shape index (κ2) is 19.1. The van der Waals surface area contributed by atoms with Gasteiger partial charge in [0.2, 0.25) is 0 Å². The van der Waals surface area contributed by atoms with Crippen LogP contribution in [0.1, 0.15) is 52.7 Å². The third kappa shape index (κ3) is 14.3. The largest absolute Gasteiger partial charge is 0.357 e. The van der Waals surface area contributed by atoms with Crippen LogP contribution in [0.3, 0.4) is 0 Å². The van der Waals surface area contributed by atoms with Crippen molar-refractivity contribution < 1.29 is 72.4 Å². The van der Waals surface area contributed by atoms with E-state index in [1.165, 1.54) is 49.7 Å². The van der Waals surface area contributed by atoms with Gasteiger partial charge >= 0.3 is 63.6 Å². The van der Waals surface area contributed by atoms with Crippen LogP contribution in [-0.2, 0) is 10.8 Å². The molecule has 0 bridgehead atoms. The summed E-state index contributed by atoms with van der Waals surface area (Å²) in [6, 6.07) is 52.8. The van der Waals surface area contributed by atoms with Gasteiger partial charge in [-0.05, 0) is 119 Å². The minimum absolute atomic E-state index is 0.0287. The SMILES string of the molecule is CC(C)(C)c1ccc([I+]c2ccc(C(C)(C)C)cc2)cc1.Fc1ccc([I+]c2ccc(F)cc2)cc1.c1ccc([I+]c2ccccc2)cc1. The normalized spacial score (nSPS) is 11.1. The number of benzene rings is 6. The summed E-state index contributed by atoms with van der Waals surface area (Å²) in [6.07, 6.45) is 0. The van der Waals surface area contributed by atoms with Gasteiger partial charge in [-0.15, -0.1) is 0 Å². The van der Waals surface area contributed by atoms with E-state index in [0.29, 0.717) is 0 Å².